The van der Waals surface area contributed by atoms with Crippen LogP contribution in [0.5, 0.6) is 0 Å². The van der Waals surface area contributed by atoms with Gasteiger partial charge in [0.05, 0.1) is 7.83 Å². The van der Waals surface area contributed by atoms with Crippen molar-refractivity contribution in [3.63, 3.8) is 0 Å². The van der Waals surface area contributed by atoms with Gasteiger partial charge in [-0.3, -0.25) is 0 Å². The Balaban J connectivity index is 2.52. The molecular formula is C6H12S6. The van der Waals surface area contributed by atoms with Crippen LogP contribution in [-0.2, 0) is 0 Å². The molecule has 12 heavy (non-hydrogen) atoms. The number of thiol groups is 3. The van der Waals surface area contributed by atoms with Gasteiger partial charge in [-0.1, -0.05) is 13.3 Å². The van der Waals surface area contributed by atoms with Crippen molar-refractivity contribution in [2.45, 2.75) is 31.0 Å². The first kappa shape index (κ1) is 12.2. The Morgan fingerprint density at radius 2 is 1.75 bits per heavy atom. The minimum absolute atomic E-state index is 0.0266. The highest BCUT2D eigenvalue weighted by atomic mass is 32.3. The third kappa shape index (κ3) is 3.69. The van der Waals surface area contributed by atoms with Gasteiger partial charge in [0.2, 0.25) is 0 Å². The van der Waals surface area contributed by atoms with Crippen LogP contribution >= 0.6 is 73.2 Å². The largest absolute Gasteiger partial charge is 0.154 e. The zero-order valence-electron chi connectivity index (χ0n) is 6.64. The molecule has 0 nitrogen and oxygen atoms in total. The third-order valence-corrected chi connectivity index (χ3v) is 7.42. The second kappa shape index (κ2) is 5.26. The number of thioether (sulfide) groups is 3. The Morgan fingerprint density at radius 3 is 2.17 bits per heavy atom. The topological polar surface area (TPSA) is 0 Å². The lowest BCUT2D eigenvalue weighted by atomic mass is 10.4. The van der Waals surface area contributed by atoms with Gasteiger partial charge in [-0.25, -0.2) is 0 Å². The van der Waals surface area contributed by atoms with E-state index in [1.54, 1.807) is 11.8 Å². The van der Waals surface area contributed by atoms with Gasteiger partial charge in [-0.05, 0) is 6.42 Å². The lowest BCUT2D eigenvalue weighted by Crippen LogP contribution is -2.21. The number of hydrogen-bond donors (Lipinski definition) is 3. The van der Waals surface area contributed by atoms with E-state index in [0.717, 1.165) is 12.8 Å². The maximum Gasteiger partial charge on any atom is 0.107 e. The molecule has 0 saturated carbocycles. The Hall–Kier alpha value is 2.10. The second-order valence-corrected chi connectivity index (χ2v) is 11.1. The minimum Gasteiger partial charge on any atom is -0.154 e. The highest BCUT2D eigenvalue weighted by molar-refractivity contribution is 8.48. The zero-order valence-corrected chi connectivity index (χ0v) is 11.8. The molecule has 0 bridgehead atoms. The summed E-state index contributed by atoms with van der Waals surface area (Å²) in [6.07, 6.45) is 2.27. The van der Waals surface area contributed by atoms with E-state index in [0.29, 0.717) is 7.83 Å². The molecule has 0 radical (unpaired) electrons. The van der Waals surface area contributed by atoms with Crippen LogP contribution in [0.2, 0.25) is 0 Å². The Morgan fingerprint density at radius 1 is 1.25 bits per heavy atom. The Labute approximate surface area is 103 Å². The van der Waals surface area contributed by atoms with Gasteiger partial charge in [0.25, 0.3) is 0 Å². The second-order valence-electron chi connectivity index (χ2n) is 2.45. The van der Waals surface area contributed by atoms with E-state index in [9.17, 15) is 0 Å². The van der Waals surface area contributed by atoms with E-state index in [1.807, 2.05) is 23.5 Å². The number of hydrogen-bond acceptors (Lipinski definition) is 6. The predicted octanol–water partition coefficient (Wildman–Crippen LogP) is 4.01. The molecule has 2 unspecified atom stereocenters. The fraction of sp³-hybridized carbons (Fsp3) is 1.00. The van der Waals surface area contributed by atoms with Crippen molar-refractivity contribution in [2.75, 3.05) is 0 Å². The summed E-state index contributed by atoms with van der Waals surface area (Å²) >= 11 is 19.0. The number of rotatable bonds is 2. The van der Waals surface area contributed by atoms with E-state index in [2.05, 4.69) is 44.8 Å². The molecule has 1 saturated heterocycles. The normalized spacial score (nSPS) is 43.0. The quantitative estimate of drug-likeness (QED) is 0.653. The van der Waals surface area contributed by atoms with Crippen molar-refractivity contribution in [1.82, 2.24) is 0 Å². The van der Waals surface area contributed by atoms with Gasteiger partial charge in [-0.15, -0.1) is 35.3 Å². The standard InChI is InChI=1S/C6H12S6/c1-2-3-6(9)11-4(7)10-5(8)12-6/h4-5,7-9H,2-3H2,1H3. The van der Waals surface area contributed by atoms with E-state index in [4.69, 9.17) is 0 Å². The molecular weight excluding hydrogens is 264 g/mol. The van der Waals surface area contributed by atoms with Crippen molar-refractivity contribution in [3.8, 4) is 0 Å². The molecule has 1 fully saturated rings. The molecule has 0 aromatic rings. The summed E-state index contributed by atoms with van der Waals surface area (Å²) in [6, 6.07) is 0. The molecule has 0 aliphatic carbocycles. The Bertz CT molecular complexity index is 139. The van der Waals surface area contributed by atoms with Crippen molar-refractivity contribution >= 4 is 73.2 Å². The van der Waals surface area contributed by atoms with Crippen molar-refractivity contribution < 1.29 is 0 Å². The average molecular weight is 277 g/mol. The van der Waals surface area contributed by atoms with Crippen LogP contribution in [0.15, 0.2) is 0 Å². The van der Waals surface area contributed by atoms with Crippen LogP contribution in [0, 0.1) is 0 Å². The summed E-state index contributed by atoms with van der Waals surface area (Å²) in [5.74, 6) is 0. The fourth-order valence-electron chi connectivity index (χ4n) is 0.932. The molecule has 0 spiro atoms. The van der Waals surface area contributed by atoms with Crippen molar-refractivity contribution in [1.29, 1.82) is 0 Å². The molecule has 0 aromatic heterocycles. The van der Waals surface area contributed by atoms with Crippen molar-refractivity contribution in [3.05, 3.63) is 0 Å². The van der Waals surface area contributed by atoms with Gasteiger partial charge in [0.1, 0.15) is 3.41 Å². The molecule has 0 aromatic carbocycles. The first-order chi connectivity index (χ1) is 5.56. The van der Waals surface area contributed by atoms with Crippen LogP contribution in [0.4, 0.5) is 0 Å². The molecule has 6 heteroatoms. The average Bonchev–Trinajstić information content (AvgIpc) is 1.82. The smallest absolute Gasteiger partial charge is 0.107 e. The summed E-state index contributed by atoms with van der Waals surface area (Å²) < 4.78 is 0.661. The minimum atomic E-state index is 0.0266. The summed E-state index contributed by atoms with van der Waals surface area (Å²) in [7, 11) is 0. The summed E-state index contributed by atoms with van der Waals surface area (Å²) in [5.41, 5.74) is 0. The van der Waals surface area contributed by atoms with Gasteiger partial charge in [0, 0.05) is 0 Å². The summed E-state index contributed by atoms with van der Waals surface area (Å²) in [5, 5.41) is 0. The highest BCUT2D eigenvalue weighted by Crippen LogP contribution is 2.59. The van der Waals surface area contributed by atoms with E-state index < -0.39 is 0 Å². The van der Waals surface area contributed by atoms with Gasteiger partial charge >= 0.3 is 0 Å². The molecule has 0 N–H and O–H groups in total. The third-order valence-electron chi connectivity index (χ3n) is 1.37. The highest BCUT2D eigenvalue weighted by Gasteiger charge is 2.36. The van der Waals surface area contributed by atoms with Crippen LogP contribution in [0.25, 0.3) is 0 Å². The SMILES string of the molecule is CCCC1(S)SC(S)SC(S)S1. The van der Waals surface area contributed by atoms with Gasteiger partial charge in [-0.2, -0.15) is 37.9 Å². The van der Waals surface area contributed by atoms with E-state index in [-0.39, 0.29) is 3.41 Å². The first-order valence-electron chi connectivity index (χ1n) is 3.65. The molecule has 1 rings (SSSR count). The summed E-state index contributed by atoms with van der Waals surface area (Å²) in [4.78, 5) is 0. The fourth-order valence-corrected chi connectivity index (χ4v) is 10.7. The maximum atomic E-state index is 4.66. The van der Waals surface area contributed by atoms with Crippen LogP contribution < -0.4 is 0 Å². The van der Waals surface area contributed by atoms with Crippen LogP contribution in [0.1, 0.15) is 19.8 Å². The Kier molecular flexibility index (Phi) is 5.33. The zero-order chi connectivity index (χ0) is 9.19. The van der Waals surface area contributed by atoms with E-state index in [1.165, 1.54) is 0 Å². The molecule has 1 heterocycles. The lowest BCUT2D eigenvalue weighted by molar-refractivity contribution is 0.846. The first-order valence-corrected chi connectivity index (χ1v) is 7.83. The molecule has 1 aliphatic heterocycles. The maximum absolute atomic E-state index is 4.66. The summed E-state index contributed by atoms with van der Waals surface area (Å²) in [6.45, 7) is 2.18. The van der Waals surface area contributed by atoms with Gasteiger partial charge < -0.3 is 0 Å². The molecule has 0 amide bonds. The monoisotopic (exact) mass is 276 g/mol. The van der Waals surface area contributed by atoms with Crippen LogP contribution in [-0.4, -0.2) is 11.2 Å². The van der Waals surface area contributed by atoms with Crippen molar-refractivity contribution in [2.24, 2.45) is 0 Å². The lowest BCUT2D eigenvalue weighted by Gasteiger charge is -2.36. The van der Waals surface area contributed by atoms with Gasteiger partial charge in [0.15, 0.2) is 0 Å². The molecule has 2 atom stereocenters. The van der Waals surface area contributed by atoms with Crippen LogP contribution in [0.3, 0.4) is 0 Å². The predicted molar refractivity (Wildman–Crippen MR) is 74.9 cm³/mol. The molecule has 1 aliphatic rings. The van der Waals surface area contributed by atoms with E-state index >= 15 is 0 Å². The molecule has 72 valence electrons.